The molecule has 0 unspecified atom stereocenters. The molecular weight excluding hydrogens is 244 g/mol. The number of carbonyl (C=O) groups excluding carboxylic acids is 1. The lowest BCUT2D eigenvalue weighted by atomic mass is 10.1. The van der Waals surface area contributed by atoms with Crippen molar-refractivity contribution in [1.82, 2.24) is 0 Å². The van der Waals surface area contributed by atoms with Crippen molar-refractivity contribution < 1.29 is 14.0 Å². The van der Waals surface area contributed by atoms with Gasteiger partial charge in [0.1, 0.15) is 0 Å². The quantitative estimate of drug-likeness (QED) is 0.580. The van der Waals surface area contributed by atoms with Crippen molar-refractivity contribution in [3.63, 3.8) is 0 Å². The molecule has 0 aromatic carbocycles. The molecular formula is C14H26O3Si. The molecule has 0 aromatic heterocycles. The topological polar surface area (TPSA) is 35.5 Å². The van der Waals surface area contributed by atoms with Crippen LogP contribution in [0, 0.1) is 0 Å². The molecule has 0 aliphatic carbocycles. The largest absolute Gasteiger partial charge is 0.519 e. The van der Waals surface area contributed by atoms with Gasteiger partial charge in [-0.3, -0.25) is 4.79 Å². The van der Waals surface area contributed by atoms with Gasteiger partial charge in [0.25, 0.3) is 14.3 Å². The smallest absolute Gasteiger partial charge is 0.295 e. The third-order valence-electron chi connectivity index (χ3n) is 3.77. The third-order valence-corrected chi connectivity index (χ3v) is 8.12. The van der Waals surface area contributed by atoms with E-state index in [4.69, 9.17) is 9.16 Å². The predicted molar refractivity (Wildman–Crippen MR) is 76.0 cm³/mol. The van der Waals surface area contributed by atoms with Gasteiger partial charge in [-0.1, -0.05) is 32.9 Å². The minimum absolute atomic E-state index is 0.0548. The molecule has 0 N–H and O–H groups in total. The zero-order valence-corrected chi connectivity index (χ0v) is 13.4. The molecule has 0 amide bonds. The fourth-order valence-electron chi connectivity index (χ4n) is 1.58. The van der Waals surface area contributed by atoms with Gasteiger partial charge in [0, 0.05) is 0 Å². The number of hydrogen-bond acceptors (Lipinski definition) is 3. The van der Waals surface area contributed by atoms with Gasteiger partial charge in [-0.2, -0.15) is 0 Å². The molecule has 1 heterocycles. The molecule has 0 fully saturated rings. The standard InChI is InChI=1S/C14H26O3Si/c1-11-8-7-9-12(16-11)10-13(15)17-18(5,6)14(2,3)4/h7,9,11-12H,8,10H2,1-6H3/t11-,12-/m1/s1. The zero-order chi connectivity index (χ0) is 14.0. The van der Waals surface area contributed by atoms with E-state index in [-0.39, 0.29) is 23.2 Å². The SMILES string of the molecule is C[C@@H]1CC=C[C@H](CC(=O)O[Si](C)(C)C(C)(C)C)O1. The third kappa shape index (κ3) is 4.25. The highest BCUT2D eigenvalue weighted by Crippen LogP contribution is 2.36. The van der Waals surface area contributed by atoms with Crippen LogP contribution in [0.1, 0.15) is 40.5 Å². The molecule has 0 aromatic rings. The summed E-state index contributed by atoms with van der Waals surface area (Å²) in [5, 5.41) is 0.0548. The fourth-order valence-corrected chi connectivity index (χ4v) is 2.54. The highest BCUT2D eigenvalue weighted by atomic mass is 28.4. The van der Waals surface area contributed by atoms with Gasteiger partial charge in [-0.15, -0.1) is 0 Å². The average Bonchev–Trinajstić information content (AvgIpc) is 2.14. The van der Waals surface area contributed by atoms with E-state index in [1.807, 2.05) is 13.0 Å². The van der Waals surface area contributed by atoms with Crippen LogP contribution in [0.15, 0.2) is 12.2 Å². The summed E-state index contributed by atoms with van der Waals surface area (Å²) in [6.07, 6.45) is 5.37. The number of rotatable bonds is 3. The lowest BCUT2D eigenvalue weighted by molar-refractivity contribution is -0.138. The minimum Gasteiger partial charge on any atom is -0.519 e. The zero-order valence-electron chi connectivity index (χ0n) is 12.4. The maximum absolute atomic E-state index is 12.0. The first-order valence-corrected chi connectivity index (χ1v) is 9.56. The molecule has 18 heavy (non-hydrogen) atoms. The monoisotopic (exact) mass is 270 g/mol. The van der Waals surface area contributed by atoms with Crippen LogP contribution >= 0.6 is 0 Å². The van der Waals surface area contributed by atoms with Crippen molar-refractivity contribution in [1.29, 1.82) is 0 Å². The molecule has 0 spiro atoms. The van der Waals surface area contributed by atoms with Crippen molar-refractivity contribution in [3.05, 3.63) is 12.2 Å². The highest BCUT2D eigenvalue weighted by molar-refractivity contribution is 6.75. The maximum Gasteiger partial charge on any atom is 0.295 e. The van der Waals surface area contributed by atoms with Crippen molar-refractivity contribution in [3.8, 4) is 0 Å². The molecule has 104 valence electrons. The average molecular weight is 270 g/mol. The van der Waals surface area contributed by atoms with Gasteiger partial charge in [-0.25, -0.2) is 0 Å². The molecule has 0 saturated heterocycles. The van der Waals surface area contributed by atoms with Crippen LogP contribution in [0.3, 0.4) is 0 Å². The summed E-state index contributed by atoms with van der Waals surface area (Å²) in [5.41, 5.74) is 0. The Morgan fingerprint density at radius 1 is 1.44 bits per heavy atom. The van der Waals surface area contributed by atoms with E-state index >= 15 is 0 Å². The summed E-state index contributed by atoms with van der Waals surface area (Å²) >= 11 is 0. The van der Waals surface area contributed by atoms with Crippen molar-refractivity contribution in [2.45, 2.75) is 70.9 Å². The summed E-state index contributed by atoms with van der Waals surface area (Å²) in [6.45, 7) is 12.6. The first-order valence-electron chi connectivity index (χ1n) is 6.66. The lowest BCUT2D eigenvalue weighted by Crippen LogP contribution is -2.43. The molecule has 0 saturated carbocycles. The van der Waals surface area contributed by atoms with E-state index in [9.17, 15) is 4.79 Å². The van der Waals surface area contributed by atoms with Crippen LogP contribution in [0.4, 0.5) is 0 Å². The second-order valence-electron chi connectivity index (χ2n) is 6.59. The summed E-state index contributed by atoms with van der Waals surface area (Å²) in [4.78, 5) is 12.0. The number of ether oxygens (including phenoxy) is 1. The first-order chi connectivity index (χ1) is 8.12. The number of hydrogen-bond donors (Lipinski definition) is 0. The Labute approximate surface area is 112 Å². The van der Waals surface area contributed by atoms with Crippen molar-refractivity contribution in [2.24, 2.45) is 0 Å². The second kappa shape index (κ2) is 5.57. The van der Waals surface area contributed by atoms with Crippen LogP contribution in [0.2, 0.25) is 18.1 Å². The molecule has 2 atom stereocenters. The van der Waals surface area contributed by atoms with Gasteiger partial charge in [0.15, 0.2) is 0 Å². The fraction of sp³-hybridized carbons (Fsp3) is 0.786. The Morgan fingerprint density at radius 3 is 2.56 bits per heavy atom. The van der Waals surface area contributed by atoms with Crippen LogP contribution in [0.5, 0.6) is 0 Å². The Bertz CT molecular complexity index is 328. The molecule has 3 nitrogen and oxygen atoms in total. The second-order valence-corrected chi connectivity index (χ2v) is 11.3. The Hall–Kier alpha value is -0.613. The highest BCUT2D eigenvalue weighted by Gasteiger charge is 2.40. The Balaban J connectivity index is 2.52. The molecule has 1 aliphatic heterocycles. The molecule has 0 radical (unpaired) electrons. The number of carbonyl (C=O) groups is 1. The maximum atomic E-state index is 12.0. The van der Waals surface area contributed by atoms with E-state index in [2.05, 4.69) is 39.9 Å². The van der Waals surface area contributed by atoms with E-state index in [0.29, 0.717) is 6.42 Å². The summed E-state index contributed by atoms with van der Waals surface area (Å²) < 4.78 is 11.4. The normalized spacial score (nSPS) is 25.0. The van der Waals surface area contributed by atoms with Gasteiger partial charge in [-0.05, 0) is 31.5 Å². The molecule has 4 heteroatoms. The summed E-state index contributed by atoms with van der Waals surface area (Å²) in [6, 6.07) is 0. The van der Waals surface area contributed by atoms with Crippen molar-refractivity contribution in [2.75, 3.05) is 0 Å². The summed E-state index contributed by atoms with van der Waals surface area (Å²) in [5.74, 6) is -0.134. The molecule has 0 bridgehead atoms. The van der Waals surface area contributed by atoms with Crippen LogP contribution in [-0.2, 0) is 14.0 Å². The summed E-state index contributed by atoms with van der Waals surface area (Å²) in [7, 11) is -2.00. The van der Waals surface area contributed by atoms with Crippen molar-refractivity contribution >= 4 is 14.3 Å². The van der Waals surface area contributed by atoms with E-state index in [1.165, 1.54) is 0 Å². The van der Waals surface area contributed by atoms with E-state index < -0.39 is 8.32 Å². The van der Waals surface area contributed by atoms with E-state index in [0.717, 1.165) is 6.42 Å². The Kier molecular flexibility index (Phi) is 4.78. The van der Waals surface area contributed by atoms with Gasteiger partial charge in [0.05, 0.1) is 18.6 Å². The van der Waals surface area contributed by atoms with Crippen LogP contribution in [0.25, 0.3) is 0 Å². The molecule has 1 rings (SSSR count). The Morgan fingerprint density at radius 2 is 2.06 bits per heavy atom. The molecule has 1 aliphatic rings. The van der Waals surface area contributed by atoms with Gasteiger partial charge in [0.2, 0.25) is 0 Å². The first kappa shape index (κ1) is 15.4. The van der Waals surface area contributed by atoms with Crippen LogP contribution < -0.4 is 0 Å². The van der Waals surface area contributed by atoms with Crippen LogP contribution in [-0.4, -0.2) is 26.5 Å². The predicted octanol–water partition coefficient (Wildman–Crippen LogP) is 3.66. The van der Waals surface area contributed by atoms with E-state index in [1.54, 1.807) is 0 Å². The van der Waals surface area contributed by atoms with Gasteiger partial charge < -0.3 is 9.16 Å². The minimum atomic E-state index is -2.00. The van der Waals surface area contributed by atoms with Gasteiger partial charge >= 0.3 is 0 Å². The lowest BCUT2D eigenvalue weighted by Gasteiger charge is -2.36.